The number of ether oxygens (including phenoxy) is 2. The zero-order chi connectivity index (χ0) is 24.6. The molecule has 0 fully saturated rings. The number of nitrogens with one attached hydrogen (secondary N) is 1. The minimum absolute atomic E-state index is 0.253. The highest BCUT2D eigenvalue weighted by molar-refractivity contribution is 6.88. The molecule has 0 bridgehead atoms. The second kappa shape index (κ2) is 9.13. The molecule has 0 spiro atoms. The van der Waals surface area contributed by atoms with Crippen molar-refractivity contribution in [1.82, 2.24) is 9.88 Å². The van der Waals surface area contributed by atoms with Crippen LogP contribution in [0, 0.1) is 5.82 Å². The number of carbonyl (C=O) groups is 2. The summed E-state index contributed by atoms with van der Waals surface area (Å²) < 4.78 is 25.5. The number of hydrogen-bond acceptors (Lipinski definition) is 5. The van der Waals surface area contributed by atoms with E-state index in [1.54, 1.807) is 45.0 Å². The van der Waals surface area contributed by atoms with E-state index in [4.69, 9.17) is 9.47 Å². The second-order valence-electron chi connectivity index (χ2n) is 10.1. The molecule has 0 aliphatic carbocycles. The van der Waals surface area contributed by atoms with E-state index in [0.29, 0.717) is 34.4 Å². The average molecular weight is 474 g/mol. The van der Waals surface area contributed by atoms with Gasteiger partial charge in [-0.2, -0.15) is 0 Å². The van der Waals surface area contributed by atoms with Crippen molar-refractivity contribution in [3.8, 4) is 5.88 Å². The van der Waals surface area contributed by atoms with Crippen molar-refractivity contribution in [2.24, 2.45) is 0 Å². The van der Waals surface area contributed by atoms with Gasteiger partial charge in [-0.3, -0.25) is 9.69 Å². The fourth-order valence-corrected chi connectivity index (χ4v) is 5.16. The van der Waals surface area contributed by atoms with Gasteiger partial charge in [0, 0.05) is 30.3 Å². The number of benzene rings is 1. The van der Waals surface area contributed by atoms with E-state index >= 15 is 0 Å². The first kappa shape index (κ1) is 24.7. The van der Waals surface area contributed by atoms with Gasteiger partial charge < -0.3 is 14.8 Å². The van der Waals surface area contributed by atoms with Gasteiger partial charge in [-0.1, -0.05) is 25.7 Å². The molecule has 1 aromatic heterocycles. The maximum Gasteiger partial charge on any atom is 0.411 e. The standard InChI is InChI=1S/C24H32FN3O4Si/c1-24(2,3)32-23(30)28-13-12-18-16(9-11-20(27-18)31-4)21(28)22(29)26-15-8-10-19(17(25)14-15)33(5,6)7/h8-11,14,21H,12-13H2,1-7H3,(H,26,29). The predicted octanol–water partition coefficient (Wildman–Crippen LogP) is 4.25. The van der Waals surface area contributed by atoms with Gasteiger partial charge >= 0.3 is 6.09 Å². The Labute approximate surface area is 195 Å². The molecule has 1 N–H and O–H groups in total. The molecule has 7 nitrogen and oxygen atoms in total. The molecule has 2 heterocycles. The first-order valence-electron chi connectivity index (χ1n) is 10.9. The van der Waals surface area contributed by atoms with Crippen LogP contribution < -0.4 is 15.2 Å². The van der Waals surface area contributed by atoms with Crippen LogP contribution in [0.3, 0.4) is 0 Å². The summed E-state index contributed by atoms with van der Waals surface area (Å²) in [6, 6.07) is 7.17. The molecular formula is C24H32FN3O4Si. The SMILES string of the molecule is COc1ccc2c(n1)CCN(C(=O)OC(C)(C)C)C2C(=O)Nc1ccc([Si](C)(C)C)c(F)c1. The average Bonchev–Trinajstić information content (AvgIpc) is 2.70. The minimum Gasteiger partial charge on any atom is -0.481 e. The number of carbonyl (C=O) groups excluding carboxylic acids is 2. The molecule has 2 amide bonds. The highest BCUT2D eigenvalue weighted by Gasteiger charge is 2.39. The minimum atomic E-state index is -1.86. The summed E-state index contributed by atoms with van der Waals surface area (Å²) in [5.74, 6) is -0.372. The molecule has 0 radical (unpaired) electrons. The van der Waals surface area contributed by atoms with Gasteiger partial charge in [-0.05, 0) is 44.2 Å². The number of aromatic nitrogens is 1. The van der Waals surface area contributed by atoms with Gasteiger partial charge in [-0.15, -0.1) is 0 Å². The lowest BCUT2D eigenvalue weighted by Gasteiger charge is -2.36. The van der Waals surface area contributed by atoms with Gasteiger partial charge in [0.15, 0.2) is 0 Å². The number of methoxy groups -OCH3 is 1. The van der Waals surface area contributed by atoms with E-state index in [2.05, 4.69) is 29.9 Å². The van der Waals surface area contributed by atoms with Crippen molar-refractivity contribution >= 4 is 30.9 Å². The van der Waals surface area contributed by atoms with Crippen LogP contribution in [0.1, 0.15) is 38.1 Å². The topological polar surface area (TPSA) is 80.8 Å². The number of fused-ring (bicyclic) bond motifs is 1. The maximum absolute atomic E-state index is 14.7. The van der Waals surface area contributed by atoms with Gasteiger partial charge in [0.2, 0.25) is 5.88 Å². The highest BCUT2D eigenvalue weighted by atomic mass is 28.3. The molecule has 3 rings (SSSR count). The van der Waals surface area contributed by atoms with Crippen molar-refractivity contribution in [3.63, 3.8) is 0 Å². The first-order valence-corrected chi connectivity index (χ1v) is 14.4. The predicted molar refractivity (Wildman–Crippen MR) is 128 cm³/mol. The molecule has 33 heavy (non-hydrogen) atoms. The molecule has 1 aromatic carbocycles. The molecule has 0 saturated carbocycles. The summed E-state index contributed by atoms with van der Waals surface area (Å²) in [6.45, 7) is 11.7. The van der Waals surface area contributed by atoms with E-state index in [1.807, 2.05) is 0 Å². The number of hydrogen-bond donors (Lipinski definition) is 1. The van der Waals surface area contributed by atoms with E-state index in [0.717, 1.165) is 0 Å². The van der Waals surface area contributed by atoms with E-state index in [-0.39, 0.29) is 12.4 Å². The third-order valence-electron chi connectivity index (χ3n) is 5.31. The quantitative estimate of drug-likeness (QED) is 0.672. The van der Waals surface area contributed by atoms with Crippen LogP contribution in [-0.4, -0.2) is 49.2 Å². The zero-order valence-electron chi connectivity index (χ0n) is 20.3. The molecule has 1 aliphatic rings. The van der Waals surface area contributed by atoms with Crippen LogP contribution in [0.4, 0.5) is 14.9 Å². The normalized spacial score (nSPS) is 16.1. The Morgan fingerprint density at radius 2 is 1.88 bits per heavy atom. The summed E-state index contributed by atoms with van der Waals surface area (Å²) in [5, 5.41) is 3.47. The Morgan fingerprint density at radius 1 is 1.18 bits per heavy atom. The Kier molecular flexibility index (Phi) is 6.83. The number of anilines is 1. The molecule has 2 aromatic rings. The number of rotatable bonds is 4. The van der Waals surface area contributed by atoms with Crippen LogP contribution in [0.2, 0.25) is 19.6 Å². The van der Waals surface area contributed by atoms with E-state index in [1.165, 1.54) is 18.1 Å². The molecule has 1 atom stereocenters. The Hall–Kier alpha value is -2.94. The lowest BCUT2D eigenvalue weighted by Crippen LogP contribution is -2.47. The Morgan fingerprint density at radius 3 is 2.45 bits per heavy atom. The van der Waals surface area contributed by atoms with Gasteiger partial charge in [0.25, 0.3) is 5.91 Å². The van der Waals surface area contributed by atoms with Crippen molar-refractivity contribution in [2.45, 2.75) is 58.5 Å². The number of nitrogens with zero attached hydrogens (tertiary/aromatic N) is 2. The van der Waals surface area contributed by atoms with Crippen molar-refractivity contribution in [2.75, 3.05) is 19.0 Å². The molecule has 1 unspecified atom stereocenters. The van der Waals surface area contributed by atoms with Crippen LogP contribution >= 0.6 is 0 Å². The largest absolute Gasteiger partial charge is 0.481 e. The van der Waals surface area contributed by atoms with E-state index < -0.39 is 31.7 Å². The van der Waals surface area contributed by atoms with Gasteiger partial charge in [0.1, 0.15) is 17.5 Å². The second-order valence-corrected chi connectivity index (χ2v) is 15.2. The Balaban J connectivity index is 1.95. The number of amides is 2. The summed E-state index contributed by atoms with van der Waals surface area (Å²) >= 11 is 0. The third-order valence-corrected chi connectivity index (χ3v) is 7.33. The maximum atomic E-state index is 14.7. The lowest BCUT2D eigenvalue weighted by atomic mass is 9.96. The van der Waals surface area contributed by atoms with Crippen LogP contribution in [-0.2, 0) is 16.0 Å². The Bertz CT molecular complexity index is 1060. The summed E-state index contributed by atoms with van der Waals surface area (Å²) in [5.41, 5.74) is 0.878. The van der Waals surface area contributed by atoms with Gasteiger partial charge in [-0.25, -0.2) is 14.2 Å². The van der Waals surface area contributed by atoms with Crippen molar-refractivity contribution in [3.05, 3.63) is 47.4 Å². The molecular weight excluding hydrogens is 441 g/mol. The number of halogens is 1. The fourth-order valence-electron chi connectivity index (χ4n) is 3.79. The molecule has 178 valence electrons. The molecule has 0 saturated heterocycles. The highest BCUT2D eigenvalue weighted by Crippen LogP contribution is 2.32. The summed E-state index contributed by atoms with van der Waals surface area (Å²) in [4.78, 5) is 32.2. The lowest BCUT2D eigenvalue weighted by molar-refractivity contribution is -0.122. The monoisotopic (exact) mass is 473 g/mol. The molecule has 1 aliphatic heterocycles. The number of pyridine rings is 1. The van der Waals surface area contributed by atoms with Crippen molar-refractivity contribution in [1.29, 1.82) is 0 Å². The van der Waals surface area contributed by atoms with Crippen molar-refractivity contribution < 1.29 is 23.5 Å². The first-order chi connectivity index (χ1) is 15.3. The van der Waals surface area contributed by atoms with Crippen LogP contribution in [0.5, 0.6) is 5.88 Å². The van der Waals surface area contributed by atoms with Crippen LogP contribution in [0.15, 0.2) is 30.3 Å². The summed E-state index contributed by atoms with van der Waals surface area (Å²) in [6.07, 6.45) is -0.140. The summed E-state index contributed by atoms with van der Waals surface area (Å²) in [7, 11) is -0.334. The third kappa shape index (κ3) is 5.71. The van der Waals surface area contributed by atoms with Crippen LogP contribution in [0.25, 0.3) is 0 Å². The van der Waals surface area contributed by atoms with Gasteiger partial charge in [0.05, 0.1) is 20.9 Å². The zero-order valence-corrected chi connectivity index (χ0v) is 21.3. The smallest absolute Gasteiger partial charge is 0.411 e. The van der Waals surface area contributed by atoms with E-state index in [9.17, 15) is 14.0 Å². The fraction of sp³-hybridized carbons (Fsp3) is 0.458. The molecule has 9 heteroatoms.